The summed E-state index contributed by atoms with van der Waals surface area (Å²) < 4.78 is 0. The molecule has 0 aromatic heterocycles. The molecule has 1 aromatic carbocycles. The first-order valence-corrected chi connectivity index (χ1v) is 7.61. The summed E-state index contributed by atoms with van der Waals surface area (Å²) in [6, 6.07) is 8.79. The minimum atomic E-state index is -0.462. The van der Waals surface area contributed by atoms with E-state index in [9.17, 15) is 5.11 Å². The largest absolute Gasteiger partial charge is 0.389 e. The van der Waals surface area contributed by atoms with E-state index in [0.29, 0.717) is 5.92 Å². The van der Waals surface area contributed by atoms with Gasteiger partial charge in [0.2, 0.25) is 0 Å². The van der Waals surface area contributed by atoms with Gasteiger partial charge < -0.3 is 10.4 Å². The van der Waals surface area contributed by atoms with E-state index in [1.807, 2.05) is 0 Å². The van der Waals surface area contributed by atoms with Crippen LogP contribution in [0.3, 0.4) is 0 Å². The van der Waals surface area contributed by atoms with E-state index in [1.54, 1.807) is 0 Å². The number of hydrogen-bond donors (Lipinski definition) is 2. The van der Waals surface area contributed by atoms with Crippen LogP contribution in [0, 0.1) is 0 Å². The third-order valence-electron chi connectivity index (χ3n) is 4.21. The van der Waals surface area contributed by atoms with Crippen molar-refractivity contribution < 1.29 is 5.11 Å². The molecule has 0 saturated heterocycles. The quantitative estimate of drug-likeness (QED) is 0.849. The zero-order valence-corrected chi connectivity index (χ0v) is 12.3. The molecule has 0 unspecified atom stereocenters. The SMILES string of the molecule is CC(C)c1ccc(CNCC2(O)CCCCC2)cc1. The topological polar surface area (TPSA) is 32.3 Å². The molecule has 1 saturated carbocycles. The lowest BCUT2D eigenvalue weighted by Crippen LogP contribution is -2.41. The Labute approximate surface area is 117 Å². The Kier molecular flexibility index (Phi) is 5.00. The third-order valence-corrected chi connectivity index (χ3v) is 4.21. The Bertz CT molecular complexity index is 377. The molecule has 1 fully saturated rings. The molecule has 0 aliphatic heterocycles. The van der Waals surface area contributed by atoms with Crippen molar-refractivity contribution in [3.63, 3.8) is 0 Å². The number of aliphatic hydroxyl groups is 1. The summed E-state index contributed by atoms with van der Waals surface area (Å²) in [6.45, 7) is 6.00. The molecule has 2 heteroatoms. The van der Waals surface area contributed by atoms with Gasteiger partial charge in [-0.2, -0.15) is 0 Å². The van der Waals surface area contributed by atoms with Crippen LogP contribution < -0.4 is 5.32 Å². The highest BCUT2D eigenvalue weighted by Gasteiger charge is 2.28. The van der Waals surface area contributed by atoms with Crippen LogP contribution in [0.15, 0.2) is 24.3 Å². The third kappa shape index (κ3) is 4.32. The molecular formula is C17H27NO. The summed E-state index contributed by atoms with van der Waals surface area (Å²) >= 11 is 0. The number of rotatable bonds is 5. The average molecular weight is 261 g/mol. The number of benzene rings is 1. The highest BCUT2D eigenvalue weighted by Crippen LogP contribution is 2.27. The van der Waals surface area contributed by atoms with Gasteiger partial charge in [0.15, 0.2) is 0 Å². The van der Waals surface area contributed by atoms with Gasteiger partial charge in [-0.05, 0) is 29.9 Å². The van der Waals surface area contributed by atoms with Crippen molar-refractivity contribution in [2.45, 2.75) is 64.0 Å². The molecule has 1 aliphatic rings. The predicted octanol–water partition coefficient (Wildman–Crippen LogP) is 3.59. The minimum absolute atomic E-state index is 0.462. The van der Waals surface area contributed by atoms with E-state index < -0.39 is 5.60 Å². The van der Waals surface area contributed by atoms with Crippen LogP contribution in [-0.2, 0) is 6.54 Å². The van der Waals surface area contributed by atoms with Crippen molar-refractivity contribution in [1.29, 1.82) is 0 Å². The van der Waals surface area contributed by atoms with Crippen LogP contribution in [0.2, 0.25) is 0 Å². The lowest BCUT2D eigenvalue weighted by atomic mass is 9.85. The van der Waals surface area contributed by atoms with Crippen molar-refractivity contribution in [3.05, 3.63) is 35.4 Å². The summed E-state index contributed by atoms with van der Waals surface area (Å²) in [6.07, 6.45) is 5.51. The lowest BCUT2D eigenvalue weighted by molar-refractivity contribution is 0.00468. The maximum absolute atomic E-state index is 10.4. The van der Waals surface area contributed by atoms with E-state index in [1.165, 1.54) is 30.4 Å². The van der Waals surface area contributed by atoms with Gasteiger partial charge in [-0.3, -0.25) is 0 Å². The van der Waals surface area contributed by atoms with Gasteiger partial charge in [-0.1, -0.05) is 57.4 Å². The molecule has 106 valence electrons. The fraction of sp³-hybridized carbons (Fsp3) is 0.647. The molecule has 2 nitrogen and oxygen atoms in total. The zero-order chi connectivity index (χ0) is 13.7. The van der Waals surface area contributed by atoms with Gasteiger partial charge in [0, 0.05) is 13.1 Å². The Morgan fingerprint density at radius 1 is 1.11 bits per heavy atom. The number of nitrogens with one attached hydrogen (secondary N) is 1. The fourth-order valence-corrected chi connectivity index (χ4v) is 2.85. The Hall–Kier alpha value is -0.860. The van der Waals surface area contributed by atoms with E-state index in [4.69, 9.17) is 0 Å². The first kappa shape index (κ1) is 14.5. The highest BCUT2D eigenvalue weighted by atomic mass is 16.3. The van der Waals surface area contributed by atoms with E-state index >= 15 is 0 Å². The second-order valence-corrected chi connectivity index (χ2v) is 6.28. The van der Waals surface area contributed by atoms with Crippen LogP contribution in [0.5, 0.6) is 0 Å². The minimum Gasteiger partial charge on any atom is -0.389 e. The number of hydrogen-bond acceptors (Lipinski definition) is 2. The molecule has 0 amide bonds. The molecule has 0 spiro atoms. The predicted molar refractivity (Wildman–Crippen MR) is 80.3 cm³/mol. The molecule has 2 N–H and O–H groups in total. The normalized spacial score (nSPS) is 18.7. The first-order valence-electron chi connectivity index (χ1n) is 7.61. The van der Waals surface area contributed by atoms with Gasteiger partial charge >= 0.3 is 0 Å². The molecule has 1 aromatic rings. The van der Waals surface area contributed by atoms with Crippen LogP contribution in [0.4, 0.5) is 0 Å². The second-order valence-electron chi connectivity index (χ2n) is 6.28. The van der Waals surface area contributed by atoms with Crippen molar-refractivity contribution in [3.8, 4) is 0 Å². The van der Waals surface area contributed by atoms with Crippen LogP contribution in [-0.4, -0.2) is 17.3 Å². The smallest absolute Gasteiger partial charge is 0.0771 e. The summed E-state index contributed by atoms with van der Waals surface area (Å²) in [5, 5.41) is 13.8. The summed E-state index contributed by atoms with van der Waals surface area (Å²) in [4.78, 5) is 0. The first-order chi connectivity index (χ1) is 9.09. The van der Waals surface area contributed by atoms with E-state index in [0.717, 1.165) is 25.9 Å². The summed E-state index contributed by atoms with van der Waals surface area (Å²) in [5.41, 5.74) is 2.22. The molecule has 0 bridgehead atoms. The van der Waals surface area contributed by atoms with Crippen molar-refractivity contribution >= 4 is 0 Å². The maximum atomic E-state index is 10.4. The molecular weight excluding hydrogens is 234 g/mol. The fourth-order valence-electron chi connectivity index (χ4n) is 2.85. The second kappa shape index (κ2) is 6.53. The molecule has 1 aliphatic carbocycles. The standard InChI is InChI=1S/C17H27NO/c1-14(2)16-8-6-15(7-9-16)12-18-13-17(19)10-4-3-5-11-17/h6-9,14,18-19H,3-5,10-13H2,1-2H3. The van der Waals surface area contributed by atoms with Gasteiger partial charge in [0.05, 0.1) is 5.60 Å². The summed E-state index contributed by atoms with van der Waals surface area (Å²) in [7, 11) is 0. The van der Waals surface area contributed by atoms with Crippen molar-refractivity contribution in [2.24, 2.45) is 0 Å². The molecule has 19 heavy (non-hydrogen) atoms. The van der Waals surface area contributed by atoms with Gasteiger partial charge in [-0.25, -0.2) is 0 Å². The van der Waals surface area contributed by atoms with Gasteiger partial charge in [-0.15, -0.1) is 0 Å². The van der Waals surface area contributed by atoms with Crippen molar-refractivity contribution in [2.75, 3.05) is 6.54 Å². The molecule has 2 rings (SSSR count). The Morgan fingerprint density at radius 3 is 2.32 bits per heavy atom. The molecule has 0 radical (unpaired) electrons. The molecule has 0 heterocycles. The Morgan fingerprint density at radius 2 is 1.74 bits per heavy atom. The molecule has 0 atom stereocenters. The van der Waals surface area contributed by atoms with Crippen molar-refractivity contribution in [1.82, 2.24) is 5.32 Å². The zero-order valence-electron chi connectivity index (χ0n) is 12.3. The average Bonchev–Trinajstić information content (AvgIpc) is 2.40. The lowest BCUT2D eigenvalue weighted by Gasteiger charge is -2.32. The van der Waals surface area contributed by atoms with Crippen LogP contribution in [0.1, 0.15) is 63.0 Å². The van der Waals surface area contributed by atoms with Gasteiger partial charge in [0.25, 0.3) is 0 Å². The van der Waals surface area contributed by atoms with Gasteiger partial charge in [0.1, 0.15) is 0 Å². The Balaban J connectivity index is 1.79. The van der Waals surface area contributed by atoms with Crippen LogP contribution in [0.25, 0.3) is 0 Å². The summed E-state index contributed by atoms with van der Waals surface area (Å²) in [5.74, 6) is 0.588. The van der Waals surface area contributed by atoms with Crippen LogP contribution >= 0.6 is 0 Å². The van der Waals surface area contributed by atoms with E-state index in [-0.39, 0.29) is 0 Å². The monoisotopic (exact) mass is 261 g/mol. The highest BCUT2D eigenvalue weighted by molar-refractivity contribution is 5.24. The van der Waals surface area contributed by atoms with E-state index in [2.05, 4.69) is 43.4 Å². The maximum Gasteiger partial charge on any atom is 0.0771 e.